The van der Waals surface area contributed by atoms with Gasteiger partial charge in [0.1, 0.15) is 0 Å². The van der Waals surface area contributed by atoms with Crippen molar-refractivity contribution in [3.05, 3.63) is 24.3 Å². The van der Waals surface area contributed by atoms with Gasteiger partial charge in [-0.15, -0.1) is 11.8 Å². The predicted molar refractivity (Wildman–Crippen MR) is 100 cm³/mol. The third kappa shape index (κ3) is 3.09. The van der Waals surface area contributed by atoms with E-state index in [4.69, 9.17) is 0 Å². The van der Waals surface area contributed by atoms with E-state index in [0.29, 0.717) is 10.7 Å². The number of hydrogen-bond donors (Lipinski definition) is 1. The average Bonchev–Trinajstić information content (AvgIpc) is 2.44. The first-order valence-corrected chi connectivity index (χ1v) is 10.6. The van der Waals surface area contributed by atoms with Gasteiger partial charge in [-0.1, -0.05) is 28.1 Å². The number of nitrogens with one attached hydrogen (secondary N) is 1. The van der Waals surface area contributed by atoms with Gasteiger partial charge < -0.3 is 5.32 Å². The molecule has 124 valence electrons. The molecule has 0 radical (unpaired) electrons. The maximum atomic E-state index is 12.7. The number of benzene rings is 1. The van der Waals surface area contributed by atoms with Gasteiger partial charge in [-0.3, -0.25) is 4.79 Å². The van der Waals surface area contributed by atoms with Gasteiger partial charge in [-0.2, -0.15) is 0 Å². The minimum absolute atomic E-state index is 0.199. The highest BCUT2D eigenvalue weighted by molar-refractivity contribution is 9.10. The number of hydrogen-bond acceptors (Lipinski definition) is 2. The second kappa shape index (κ2) is 5.80. The molecule has 23 heavy (non-hydrogen) atoms. The molecule has 0 aliphatic heterocycles. The molecule has 1 amide bonds. The van der Waals surface area contributed by atoms with E-state index < -0.39 is 0 Å². The molecule has 4 saturated carbocycles. The lowest BCUT2D eigenvalue weighted by Crippen LogP contribution is -2.53. The van der Waals surface area contributed by atoms with Crippen LogP contribution in [0.5, 0.6) is 0 Å². The first kappa shape index (κ1) is 16.0. The summed E-state index contributed by atoms with van der Waals surface area (Å²) in [6, 6.07) is 8.09. The number of carbonyl (C=O) groups excluding carboxylic acids is 1. The van der Waals surface area contributed by atoms with Crippen molar-refractivity contribution >= 4 is 39.3 Å². The number of anilines is 1. The molecule has 1 aromatic rings. The lowest BCUT2D eigenvalue weighted by Gasteiger charge is -2.60. The Kier molecular flexibility index (Phi) is 4.04. The van der Waals surface area contributed by atoms with Crippen molar-refractivity contribution in [2.45, 2.75) is 54.2 Å². The smallest absolute Gasteiger partial charge is 0.224 e. The Hall–Kier alpha value is -0.480. The summed E-state index contributed by atoms with van der Waals surface area (Å²) < 4.78 is 0.328. The molecule has 0 aromatic heterocycles. The molecule has 4 aliphatic rings. The van der Waals surface area contributed by atoms with Crippen LogP contribution in [0.1, 0.15) is 44.9 Å². The van der Waals surface area contributed by atoms with E-state index >= 15 is 0 Å². The highest BCUT2D eigenvalue weighted by atomic mass is 79.9. The molecule has 1 N–H and O–H groups in total. The molecule has 4 fully saturated rings. The standard InChI is InChI=1S/C19H24BrNOS/c1-23-16-5-3-2-4-15(16)21-17(22)11-18-7-13-6-14(8-18)10-19(20,9-13)12-18/h2-5,13-14H,6-12H2,1H3,(H,21,22)/t13-,14-,18?,19?/m1/s1. The first-order valence-electron chi connectivity index (χ1n) is 8.61. The predicted octanol–water partition coefficient (Wildman–Crippen LogP) is 5.47. The third-order valence-corrected chi connectivity index (χ3v) is 7.75. The first-order chi connectivity index (χ1) is 11.0. The minimum Gasteiger partial charge on any atom is -0.325 e. The van der Waals surface area contributed by atoms with Gasteiger partial charge in [-0.05, 0) is 74.2 Å². The van der Waals surface area contributed by atoms with Crippen molar-refractivity contribution in [2.24, 2.45) is 17.3 Å². The Morgan fingerprint density at radius 2 is 1.96 bits per heavy atom. The maximum absolute atomic E-state index is 12.7. The van der Waals surface area contributed by atoms with Crippen molar-refractivity contribution < 1.29 is 4.79 Å². The van der Waals surface area contributed by atoms with E-state index in [2.05, 4.69) is 33.6 Å². The van der Waals surface area contributed by atoms with Crippen LogP contribution >= 0.6 is 27.7 Å². The Morgan fingerprint density at radius 1 is 1.26 bits per heavy atom. The zero-order valence-corrected chi connectivity index (χ0v) is 16.0. The van der Waals surface area contributed by atoms with Crippen LogP contribution in [-0.4, -0.2) is 16.5 Å². The lowest BCUT2D eigenvalue weighted by atomic mass is 9.48. The molecule has 4 bridgehead atoms. The zero-order chi connectivity index (χ0) is 16.1. The second-order valence-corrected chi connectivity index (χ2v) is 10.6. The fourth-order valence-corrected chi connectivity index (χ4v) is 7.89. The number of thioether (sulfide) groups is 1. The van der Waals surface area contributed by atoms with Crippen molar-refractivity contribution in [1.82, 2.24) is 0 Å². The lowest BCUT2D eigenvalue weighted by molar-refractivity contribution is -0.123. The average molecular weight is 394 g/mol. The van der Waals surface area contributed by atoms with Crippen LogP contribution in [-0.2, 0) is 4.79 Å². The molecule has 5 rings (SSSR count). The van der Waals surface area contributed by atoms with Crippen LogP contribution in [0.2, 0.25) is 0 Å². The van der Waals surface area contributed by atoms with E-state index in [1.807, 2.05) is 18.2 Å². The summed E-state index contributed by atoms with van der Waals surface area (Å²) in [5.74, 6) is 1.87. The van der Waals surface area contributed by atoms with Gasteiger partial charge in [-0.25, -0.2) is 0 Å². The third-order valence-electron chi connectivity index (χ3n) is 6.03. The van der Waals surface area contributed by atoms with Crippen molar-refractivity contribution in [3.8, 4) is 0 Å². The Balaban J connectivity index is 1.49. The Bertz CT molecular complexity index is 618. The molecule has 4 aliphatic carbocycles. The number of rotatable bonds is 4. The zero-order valence-electron chi connectivity index (χ0n) is 13.6. The van der Waals surface area contributed by atoms with Crippen LogP contribution in [0.15, 0.2) is 29.2 Å². The molecule has 2 nitrogen and oxygen atoms in total. The Labute approximate surface area is 151 Å². The fourth-order valence-electron chi connectivity index (χ4n) is 5.83. The van der Waals surface area contributed by atoms with Crippen LogP contribution in [0.25, 0.3) is 0 Å². The number of halogens is 1. The van der Waals surface area contributed by atoms with Gasteiger partial charge in [0.2, 0.25) is 5.91 Å². The number of alkyl halides is 1. The van der Waals surface area contributed by atoms with Crippen LogP contribution < -0.4 is 5.32 Å². The topological polar surface area (TPSA) is 29.1 Å². The summed E-state index contributed by atoms with van der Waals surface area (Å²) in [7, 11) is 0. The SMILES string of the molecule is CSc1ccccc1NC(=O)CC12C[C@H]3C[C@@H](CC(Br)(C3)C1)C2. The summed E-state index contributed by atoms with van der Waals surface area (Å²) in [5, 5.41) is 3.17. The highest BCUT2D eigenvalue weighted by Gasteiger charge is 2.57. The summed E-state index contributed by atoms with van der Waals surface area (Å²) in [6.07, 6.45) is 10.5. The molecule has 2 atom stereocenters. The van der Waals surface area contributed by atoms with Crippen molar-refractivity contribution in [3.63, 3.8) is 0 Å². The summed E-state index contributed by atoms with van der Waals surface area (Å²) in [6.45, 7) is 0. The van der Waals surface area contributed by atoms with E-state index in [1.54, 1.807) is 11.8 Å². The quantitative estimate of drug-likeness (QED) is 0.542. The molecular weight excluding hydrogens is 370 g/mol. The molecular formula is C19H24BrNOS. The maximum Gasteiger partial charge on any atom is 0.224 e. The van der Waals surface area contributed by atoms with Crippen LogP contribution in [0.3, 0.4) is 0 Å². The molecule has 0 heterocycles. The fraction of sp³-hybridized carbons (Fsp3) is 0.632. The largest absolute Gasteiger partial charge is 0.325 e. The molecule has 1 aromatic carbocycles. The molecule has 4 heteroatoms. The van der Waals surface area contributed by atoms with Gasteiger partial charge >= 0.3 is 0 Å². The van der Waals surface area contributed by atoms with Crippen LogP contribution in [0, 0.1) is 17.3 Å². The van der Waals surface area contributed by atoms with E-state index in [-0.39, 0.29) is 11.3 Å². The molecule has 0 saturated heterocycles. The monoisotopic (exact) mass is 393 g/mol. The van der Waals surface area contributed by atoms with Crippen LogP contribution in [0.4, 0.5) is 5.69 Å². The molecule has 0 unspecified atom stereocenters. The normalized spacial score (nSPS) is 37.8. The van der Waals surface area contributed by atoms with Gasteiger partial charge in [0.25, 0.3) is 0 Å². The second-order valence-electron chi connectivity index (χ2n) is 8.04. The number of para-hydroxylation sites is 1. The van der Waals surface area contributed by atoms with E-state index in [1.165, 1.54) is 38.5 Å². The van der Waals surface area contributed by atoms with Gasteiger partial charge in [0.05, 0.1) is 5.69 Å². The van der Waals surface area contributed by atoms with Crippen molar-refractivity contribution in [1.29, 1.82) is 0 Å². The minimum atomic E-state index is 0.199. The van der Waals surface area contributed by atoms with Gasteiger partial charge in [0.15, 0.2) is 0 Å². The number of amides is 1. The summed E-state index contributed by atoms with van der Waals surface area (Å²) in [5.41, 5.74) is 1.20. The van der Waals surface area contributed by atoms with Gasteiger partial charge in [0, 0.05) is 15.6 Å². The van der Waals surface area contributed by atoms with Crippen molar-refractivity contribution in [2.75, 3.05) is 11.6 Å². The molecule has 0 spiro atoms. The van der Waals surface area contributed by atoms with E-state index in [9.17, 15) is 4.79 Å². The number of carbonyl (C=O) groups is 1. The highest BCUT2D eigenvalue weighted by Crippen LogP contribution is 2.65. The van der Waals surface area contributed by atoms with E-state index in [0.717, 1.165) is 22.4 Å². The summed E-state index contributed by atoms with van der Waals surface area (Å²) in [4.78, 5) is 13.9. The Morgan fingerprint density at radius 3 is 2.61 bits per heavy atom. The summed E-state index contributed by atoms with van der Waals surface area (Å²) >= 11 is 5.72.